The summed E-state index contributed by atoms with van der Waals surface area (Å²) in [5.41, 5.74) is -0.387. The molecular weight excluding hydrogens is 614 g/mol. The molecule has 4 rings (SSSR count). The van der Waals surface area contributed by atoms with E-state index in [1.165, 1.54) is 18.3 Å². The van der Waals surface area contributed by atoms with Crippen LogP contribution < -0.4 is 10.3 Å². The van der Waals surface area contributed by atoms with E-state index in [9.17, 15) is 22.8 Å². The first kappa shape index (κ1) is 27.3. The van der Waals surface area contributed by atoms with Crippen LogP contribution in [0.25, 0.3) is 22.3 Å². The van der Waals surface area contributed by atoms with E-state index in [0.717, 1.165) is 16.8 Å². The Morgan fingerprint density at radius 2 is 1.89 bits per heavy atom. The van der Waals surface area contributed by atoms with E-state index < -0.39 is 29.4 Å². The Morgan fingerprint density at radius 3 is 2.61 bits per heavy atom. The number of nitrogens with zero attached hydrogens (tertiary/aromatic N) is 3. The lowest BCUT2D eigenvalue weighted by molar-refractivity contribution is -0.150. The van der Waals surface area contributed by atoms with Gasteiger partial charge < -0.3 is 9.47 Å². The van der Waals surface area contributed by atoms with Crippen LogP contribution in [0.3, 0.4) is 0 Å². The molecule has 0 spiro atoms. The Balaban J connectivity index is 1.74. The van der Waals surface area contributed by atoms with Gasteiger partial charge in [0.25, 0.3) is 5.56 Å². The first-order valence-electron chi connectivity index (χ1n) is 11.4. The highest BCUT2D eigenvalue weighted by molar-refractivity contribution is 14.1. The maximum Gasteiger partial charge on any atom is 0.416 e. The zero-order valence-electron chi connectivity index (χ0n) is 20.2. The molecule has 0 aliphatic rings. The molecular formula is C27H21F3IN3O4. The topological polar surface area (TPSA) is 82.8 Å². The van der Waals surface area contributed by atoms with Gasteiger partial charge in [0.1, 0.15) is 5.75 Å². The molecule has 0 unspecified atom stereocenters. The van der Waals surface area contributed by atoms with Crippen LogP contribution in [0.4, 0.5) is 13.2 Å². The Hall–Kier alpha value is -3.74. The van der Waals surface area contributed by atoms with Crippen LogP contribution in [0, 0.1) is 3.57 Å². The summed E-state index contributed by atoms with van der Waals surface area (Å²) in [6.07, 6.45) is -3.97. The van der Waals surface area contributed by atoms with Gasteiger partial charge in [-0.05, 0) is 84.5 Å². The molecule has 11 heteroatoms. The van der Waals surface area contributed by atoms with E-state index in [4.69, 9.17) is 9.47 Å². The molecule has 0 saturated carbocycles. The van der Waals surface area contributed by atoms with Gasteiger partial charge >= 0.3 is 12.1 Å². The minimum atomic E-state index is -4.56. The van der Waals surface area contributed by atoms with Crippen molar-refractivity contribution in [2.75, 3.05) is 6.61 Å². The third-order valence-electron chi connectivity index (χ3n) is 5.40. The highest BCUT2D eigenvalue weighted by atomic mass is 127. The average molecular weight is 635 g/mol. The number of rotatable bonds is 7. The van der Waals surface area contributed by atoms with E-state index in [0.29, 0.717) is 20.4 Å². The Morgan fingerprint density at radius 1 is 1.13 bits per heavy atom. The SMILES string of the molecule is CCOC(=O)[C@@H](C)Oc1ccc(C=Nn2c(-c3cccc(C(F)(F)F)c3)nc3ccccc3c2=O)cc1I. The molecule has 0 fully saturated rings. The molecule has 1 atom stereocenters. The summed E-state index contributed by atoms with van der Waals surface area (Å²) >= 11 is 2.04. The summed E-state index contributed by atoms with van der Waals surface area (Å²) in [5, 5.41) is 4.57. The lowest BCUT2D eigenvalue weighted by atomic mass is 10.1. The van der Waals surface area contributed by atoms with Crippen LogP contribution in [0.15, 0.2) is 76.6 Å². The minimum Gasteiger partial charge on any atom is -0.478 e. The first-order valence-corrected chi connectivity index (χ1v) is 12.5. The number of aromatic nitrogens is 2. The fraction of sp³-hybridized carbons (Fsp3) is 0.185. The van der Waals surface area contributed by atoms with E-state index >= 15 is 0 Å². The Bertz CT molecular complexity index is 1580. The molecule has 0 N–H and O–H groups in total. The molecule has 7 nitrogen and oxygen atoms in total. The van der Waals surface area contributed by atoms with Crippen molar-refractivity contribution in [3.8, 4) is 17.1 Å². The number of halogens is 4. The average Bonchev–Trinajstić information content (AvgIpc) is 2.89. The van der Waals surface area contributed by atoms with Gasteiger partial charge in [0.2, 0.25) is 0 Å². The van der Waals surface area contributed by atoms with Crippen molar-refractivity contribution >= 4 is 45.7 Å². The van der Waals surface area contributed by atoms with Crippen LogP contribution in [-0.2, 0) is 15.7 Å². The summed E-state index contributed by atoms with van der Waals surface area (Å²) in [4.78, 5) is 29.6. The number of carbonyl (C=O) groups is 1. The molecule has 1 heterocycles. The van der Waals surface area contributed by atoms with Gasteiger partial charge in [-0.1, -0.05) is 24.3 Å². The summed E-state index contributed by atoms with van der Waals surface area (Å²) < 4.78 is 52.4. The third kappa shape index (κ3) is 6.04. The largest absolute Gasteiger partial charge is 0.478 e. The molecule has 1 aromatic heterocycles. The van der Waals surface area contributed by atoms with E-state index in [1.807, 2.05) is 22.6 Å². The summed E-state index contributed by atoms with van der Waals surface area (Å²) in [6, 6.07) is 16.2. The molecule has 0 saturated heterocycles. The van der Waals surface area contributed by atoms with E-state index in [1.54, 1.807) is 56.3 Å². The van der Waals surface area contributed by atoms with Crippen molar-refractivity contribution in [2.45, 2.75) is 26.1 Å². The molecule has 0 bridgehead atoms. The van der Waals surface area contributed by atoms with Gasteiger partial charge in [0.15, 0.2) is 11.9 Å². The lowest BCUT2D eigenvalue weighted by Crippen LogP contribution is -2.26. The van der Waals surface area contributed by atoms with Gasteiger partial charge in [0.05, 0.1) is 32.9 Å². The normalized spacial score (nSPS) is 12.6. The predicted molar refractivity (Wildman–Crippen MR) is 145 cm³/mol. The molecule has 0 radical (unpaired) electrons. The van der Waals surface area contributed by atoms with Crippen molar-refractivity contribution in [1.82, 2.24) is 9.66 Å². The number of benzene rings is 3. The van der Waals surface area contributed by atoms with Crippen LogP contribution in [0.5, 0.6) is 5.75 Å². The smallest absolute Gasteiger partial charge is 0.416 e. The van der Waals surface area contributed by atoms with Crippen molar-refractivity contribution in [3.05, 3.63) is 91.8 Å². The number of alkyl halides is 3. The second-order valence-corrected chi connectivity index (χ2v) is 9.26. The molecule has 38 heavy (non-hydrogen) atoms. The number of fused-ring (bicyclic) bond motifs is 1. The van der Waals surface area contributed by atoms with Crippen LogP contribution in [0.1, 0.15) is 25.0 Å². The monoisotopic (exact) mass is 635 g/mol. The minimum absolute atomic E-state index is 0.0334. The summed E-state index contributed by atoms with van der Waals surface area (Å²) in [5.74, 6) is -0.0642. The molecule has 196 valence electrons. The number of carbonyl (C=O) groups excluding carboxylic acids is 1. The standard InChI is InChI=1S/C27H21F3IN3O4/c1-3-37-26(36)16(2)38-23-12-11-17(13-21(23)31)15-32-34-24(18-7-6-8-19(14-18)27(28,29)30)33-22-10-5-4-9-20(22)25(34)35/h4-16H,3H2,1-2H3/t16-/m1/s1. The van der Waals surface area contributed by atoms with Gasteiger partial charge in [-0.3, -0.25) is 4.79 Å². The first-order chi connectivity index (χ1) is 18.1. The fourth-order valence-electron chi connectivity index (χ4n) is 3.57. The van der Waals surface area contributed by atoms with Crippen molar-refractivity contribution < 1.29 is 27.4 Å². The van der Waals surface area contributed by atoms with Crippen molar-refractivity contribution in [3.63, 3.8) is 0 Å². The van der Waals surface area contributed by atoms with E-state index in [2.05, 4.69) is 10.1 Å². The fourth-order valence-corrected chi connectivity index (χ4v) is 4.23. The third-order valence-corrected chi connectivity index (χ3v) is 6.25. The molecule has 3 aromatic carbocycles. The second kappa shape index (κ2) is 11.3. The Labute approximate surface area is 229 Å². The Kier molecular flexibility index (Phi) is 8.14. The number of hydrogen-bond donors (Lipinski definition) is 0. The lowest BCUT2D eigenvalue weighted by Gasteiger charge is -2.14. The number of para-hydroxylation sites is 1. The molecule has 4 aromatic rings. The summed E-state index contributed by atoms with van der Waals surface area (Å²) in [6.45, 7) is 3.53. The van der Waals surface area contributed by atoms with Gasteiger partial charge in [0, 0.05) is 5.56 Å². The maximum atomic E-state index is 13.4. The van der Waals surface area contributed by atoms with Gasteiger partial charge in [-0.15, -0.1) is 0 Å². The number of hydrogen-bond acceptors (Lipinski definition) is 6. The second-order valence-electron chi connectivity index (χ2n) is 8.09. The predicted octanol–water partition coefficient (Wildman–Crippen LogP) is 5.90. The van der Waals surface area contributed by atoms with Crippen molar-refractivity contribution in [1.29, 1.82) is 0 Å². The highest BCUT2D eigenvalue weighted by Gasteiger charge is 2.31. The van der Waals surface area contributed by atoms with Crippen LogP contribution in [0.2, 0.25) is 0 Å². The van der Waals surface area contributed by atoms with Crippen LogP contribution in [-0.4, -0.2) is 34.6 Å². The molecule has 0 aliphatic carbocycles. The van der Waals surface area contributed by atoms with Crippen LogP contribution >= 0.6 is 22.6 Å². The molecule has 0 aliphatic heterocycles. The quantitative estimate of drug-likeness (QED) is 0.144. The zero-order chi connectivity index (χ0) is 27.4. The van der Waals surface area contributed by atoms with Gasteiger partial charge in [-0.25, -0.2) is 9.78 Å². The maximum absolute atomic E-state index is 13.4. The van der Waals surface area contributed by atoms with E-state index in [-0.39, 0.29) is 23.4 Å². The number of esters is 1. The van der Waals surface area contributed by atoms with Gasteiger partial charge in [-0.2, -0.15) is 22.9 Å². The highest BCUT2D eigenvalue weighted by Crippen LogP contribution is 2.32. The van der Waals surface area contributed by atoms with Crippen molar-refractivity contribution in [2.24, 2.45) is 5.10 Å². The molecule has 0 amide bonds. The summed E-state index contributed by atoms with van der Waals surface area (Å²) in [7, 11) is 0. The zero-order valence-corrected chi connectivity index (χ0v) is 22.4. The number of ether oxygens (including phenoxy) is 2.